The molecule has 0 N–H and O–H groups in total. The minimum atomic E-state index is -3.46. The fourth-order valence-electron chi connectivity index (χ4n) is 9.71. The lowest BCUT2D eigenvalue weighted by Gasteiger charge is -2.50. The lowest BCUT2D eigenvalue weighted by Crippen LogP contribution is -2.49. The van der Waals surface area contributed by atoms with Gasteiger partial charge in [-0.2, -0.15) is 0 Å². The van der Waals surface area contributed by atoms with Crippen molar-refractivity contribution in [2.75, 3.05) is 4.90 Å². The third kappa shape index (κ3) is 4.32. The van der Waals surface area contributed by atoms with Gasteiger partial charge in [-0.3, -0.25) is 0 Å². The molecule has 0 radical (unpaired) electrons. The molecule has 0 fully saturated rings. The molecule has 1 spiro atoms. The van der Waals surface area contributed by atoms with E-state index in [1.54, 1.807) is 6.20 Å². The maximum Gasteiger partial charge on any atom is 0.171 e. The predicted octanol–water partition coefficient (Wildman–Crippen LogP) is 11.3. The van der Waals surface area contributed by atoms with Crippen LogP contribution in [0, 0.1) is 0 Å². The van der Waals surface area contributed by atoms with Crippen molar-refractivity contribution in [2.45, 2.75) is 5.41 Å². The van der Waals surface area contributed by atoms with Crippen LogP contribution >= 0.6 is 7.14 Å². The first-order valence-electron chi connectivity index (χ1n) is 19.2. The number of hydrogen-bond acceptors (Lipinski definition) is 5. The Labute approximate surface area is 328 Å². The van der Waals surface area contributed by atoms with E-state index in [9.17, 15) is 0 Å². The number of benzene rings is 7. The maximum atomic E-state index is 16.6. The summed E-state index contributed by atoms with van der Waals surface area (Å²) in [6.45, 7) is 0. The van der Waals surface area contributed by atoms with Crippen LogP contribution in [0.4, 0.5) is 17.1 Å². The van der Waals surface area contributed by atoms with Gasteiger partial charge in [0, 0.05) is 50.2 Å². The molecule has 10 aromatic rings. The van der Waals surface area contributed by atoms with Crippen molar-refractivity contribution in [3.8, 4) is 11.1 Å². The van der Waals surface area contributed by atoms with Crippen molar-refractivity contribution in [1.29, 1.82) is 0 Å². The number of furan rings is 1. The highest BCUT2D eigenvalue weighted by Gasteiger charge is 2.55. The Morgan fingerprint density at radius 1 is 0.491 bits per heavy atom. The van der Waals surface area contributed by atoms with Gasteiger partial charge in [-0.25, -0.2) is 9.97 Å². The average Bonchev–Trinajstić information content (AvgIpc) is 3.65. The normalized spacial score (nSPS) is 18.0. The Kier molecular flexibility index (Phi) is 6.76. The first-order valence-corrected chi connectivity index (χ1v) is 20.9. The zero-order chi connectivity index (χ0) is 37.7. The van der Waals surface area contributed by atoms with E-state index in [1.807, 2.05) is 60.8 Å². The molecule has 0 amide bonds. The summed E-state index contributed by atoms with van der Waals surface area (Å²) in [5, 5.41) is 5.45. The number of aromatic nitrogens is 2. The van der Waals surface area contributed by atoms with Crippen LogP contribution in [0.3, 0.4) is 0 Å². The predicted molar refractivity (Wildman–Crippen MR) is 232 cm³/mol. The van der Waals surface area contributed by atoms with E-state index >= 15 is 4.57 Å². The maximum absolute atomic E-state index is 16.6. The summed E-state index contributed by atoms with van der Waals surface area (Å²) in [4.78, 5) is 11.6. The molecule has 0 saturated carbocycles. The molecule has 57 heavy (non-hydrogen) atoms. The third-order valence-corrected chi connectivity index (χ3v) is 15.2. The SMILES string of the molecule is O=P1(c2ccccc2)c2ccccc2C2(c3ccccc3N(c3ccccc3)c3cc(-c4ccnc5ncccc45)ccc32)c2cc3c(cc21)oc1ccccc13. The number of rotatable bonds is 3. The van der Waals surface area contributed by atoms with Crippen molar-refractivity contribution in [3.63, 3.8) is 0 Å². The molecule has 2 aliphatic heterocycles. The molecule has 12 rings (SSSR count). The first kappa shape index (κ1) is 32.2. The molecular formula is C51H32N3O2P. The summed E-state index contributed by atoms with van der Waals surface area (Å²) in [6.07, 6.45) is 3.63. The minimum Gasteiger partial charge on any atom is -0.456 e. The van der Waals surface area contributed by atoms with Crippen LogP contribution in [-0.4, -0.2) is 9.97 Å². The van der Waals surface area contributed by atoms with Gasteiger partial charge in [0.15, 0.2) is 12.8 Å². The number of hydrogen-bond donors (Lipinski definition) is 0. The second-order valence-corrected chi connectivity index (χ2v) is 17.5. The summed E-state index contributed by atoms with van der Waals surface area (Å²) < 4.78 is 23.2. The fraction of sp³-hybridized carbons (Fsp3) is 0.0196. The van der Waals surface area contributed by atoms with Crippen LogP contribution in [0.25, 0.3) is 44.1 Å². The van der Waals surface area contributed by atoms with Crippen molar-refractivity contribution in [1.82, 2.24) is 9.97 Å². The Bertz CT molecular complexity index is 3300. The van der Waals surface area contributed by atoms with Crippen molar-refractivity contribution >= 4 is 73.1 Å². The monoisotopic (exact) mass is 749 g/mol. The van der Waals surface area contributed by atoms with Crippen LogP contribution in [-0.2, 0) is 9.98 Å². The van der Waals surface area contributed by atoms with E-state index in [1.165, 1.54) is 0 Å². The Morgan fingerprint density at radius 2 is 1.19 bits per heavy atom. The second kappa shape index (κ2) is 12.0. The lowest BCUT2D eigenvalue weighted by molar-refractivity contribution is 0.590. The number of anilines is 3. The van der Waals surface area contributed by atoms with E-state index in [0.29, 0.717) is 5.65 Å². The van der Waals surface area contributed by atoms with E-state index < -0.39 is 12.6 Å². The average molecular weight is 750 g/mol. The van der Waals surface area contributed by atoms with Gasteiger partial charge >= 0.3 is 0 Å². The molecule has 268 valence electrons. The highest BCUT2D eigenvalue weighted by Crippen LogP contribution is 2.63. The zero-order valence-corrected chi connectivity index (χ0v) is 31.5. The zero-order valence-electron chi connectivity index (χ0n) is 30.6. The standard InChI is InChI=1S/C51H32N3O2P/c55-57(35-16-5-2-6-17-35)48-24-12-9-21-42(48)51(43-31-39-37-18-7-11-23-46(37)56-47(39)32-49(43)57)40-20-8-10-22-44(40)54(34-14-3-1-4-15-34)45-30-33(25-26-41(45)51)36-27-29-53-50-38(36)19-13-28-52-50/h1-32H. The molecule has 5 heterocycles. The van der Waals surface area contributed by atoms with Crippen LogP contribution in [0.1, 0.15) is 22.3 Å². The van der Waals surface area contributed by atoms with Gasteiger partial charge in [-0.1, -0.05) is 121 Å². The third-order valence-electron chi connectivity index (χ3n) is 12.0. The molecule has 2 atom stereocenters. The summed E-state index contributed by atoms with van der Waals surface area (Å²) >= 11 is 0. The number of nitrogens with zero attached hydrogens (tertiary/aromatic N) is 3. The van der Waals surface area contributed by atoms with Crippen LogP contribution in [0.2, 0.25) is 0 Å². The van der Waals surface area contributed by atoms with Crippen molar-refractivity contribution in [3.05, 3.63) is 217 Å². The molecule has 2 unspecified atom stereocenters. The molecule has 0 bridgehead atoms. The van der Waals surface area contributed by atoms with E-state index in [4.69, 9.17) is 4.42 Å². The first-order chi connectivity index (χ1) is 28.2. The summed E-state index contributed by atoms with van der Waals surface area (Å²) in [5.74, 6) is 0. The van der Waals surface area contributed by atoms with Gasteiger partial charge in [0.25, 0.3) is 0 Å². The Hall–Kier alpha value is -7.07. The number of fused-ring (bicyclic) bond motifs is 12. The molecule has 0 aliphatic carbocycles. The highest BCUT2D eigenvalue weighted by atomic mass is 31.2. The highest BCUT2D eigenvalue weighted by molar-refractivity contribution is 7.85. The van der Waals surface area contributed by atoms with E-state index in [2.05, 4.69) is 142 Å². The van der Waals surface area contributed by atoms with E-state index in [-0.39, 0.29) is 0 Å². The summed E-state index contributed by atoms with van der Waals surface area (Å²) in [7, 11) is -3.46. The van der Waals surface area contributed by atoms with Gasteiger partial charge in [0.05, 0.1) is 16.8 Å². The lowest BCUT2D eigenvalue weighted by atomic mass is 9.61. The van der Waals surface area contributed by atoms with Gasteiger partial charge in [0.1, 0.15) is 11.2 Å². The van der Waals surface area contributed by atoms with Gasteiger partial charge in [-0.15, -0.1) is 0 Å². The molecule has 7 aromatic carbocycles. The quantitative estimate of drug-likeness (QED) is 0.168. The number of para-hydroxylation sites is 3. The molecule has 0 saturated heterocycles. The second-order valence-electron chi connectivity index (χ2n) is 14.8. The van der Waals surface area contributed by atoms with Gasteiger partial charge < -0.3 is 13.9 Å². The largest absolute Gasteiger partial charge is 0.456 e. The Balaban J connectivity index is 1.27. The minimum absolute atomic E-state index is 0.706. The number of pyridine rings is 2. The van der Waals surface area contributed by atoms with Gasteiger partial charge in [0.2, 0.25) is 0 Å². The summed E-state index contributed by atoms with van der Waals surface area (Å²) in [5.41, 5.74) is 10.9. The van der Waals surface area contributed by atoms with Crippen molar-refractivity contribution in [2.24, 2.45) is 0 Å². The molecule has 6 heteroatoms. The van der Waals surface area contributed by atoms with Crippen LogP contribution in [0.5, 0.6) is 0 Å². The fourth-order valence-corrected chi connectivity index (χ4v) is 12.9. The molecule has 2 aliphatic rings. The molecular weight excluding hydrogens is 718 g/mol. The Morgan fingerprint density at radius 3 is 2.07 bits per heavy atom. The summed E-state index contributed by atoms with van der Waals surface area (Å²) in [6, 6.07) is 63.3. The van der Waals surface area contributed by atoms with Crippen LogP contribution in [0.15, 0.2) is 199 Å². The molecule has 3 aromatic heterocycles. The van der Waals surface area contributed by atoms with Gasteiger partial charge in [-0.05, 0) is 94.0 Å². The van der Waals surface area contributed by atoms with Crippen molar-refractivity contribution < 1.29 is 8.98 Å². The van der Waals surface area contributed by atoms with E-state index in [0.717, 1.165) is 93.7 Å². The van der Waals surface area contributed by atoms with Crippen LogP contribution < -0.4 is 20.8 Å². The smallest absolute Gasteiger partial charge is 0.171 e. The molecule has 5 nitrogen and oxygen atoms in total. The topological polar surface area (TPSA) is 59.2 Å².